The van der Waals surface area contributed by atoms with Crippen LogP contribution in [0.5, 0.6) is 0 Å². The molecule has 0 aromatic carbocycles. The van der Waals surface area contributed by atoms with Gasteiger partial charge in [0.05, 0.1) is 0 Å². The molecular formula is C10H19NO. The quantitative estimate of drug-likeness (QED) is 0.468. The summed E-state index contributed by atoms with van der Waals surface area (Å²) in [5.74, 6) is 0.0546. The highest BCUT2D eigenvalue weighted by atomic mass is 16.1. The Morgan fingerprint density at radius 3 is 2.75 bits per heavy atom. The Hall–Kier alpha value is -0.630. The van der Waals surface area contributed by atoms with Crippen molar-refractivity contribution in [2.75, 3.05) is 0 Å². The van der Waals surface area contributed by atoms with E-state index in [0.717, 1.165) is 12.8 Å². The predicted octanol–water partition coefficient (Wildman–Crippen LogP) is 2.04. The van der Waals surface area contributed by atoms with Crippen LogP contribution in [-0.2, 0) is 4.79 Å². The van der Waals surface area contributed by atoms with E-state index in [-0.39, 0.29) is 11.8 Å². The maximum atomic E-state index is 10.9. The van der Waals surface area contributed by atoms with Gasteiger partial charge in [-0.3, -0.25) is 4.79 Å². The molecule has 1 unspecified atom stereocenters. The van der Waals surface area contributed by atoms with E-state index in [1.807, 2.05) is 0 Å². The highest BCUT2D eigenvalue weighted by Crippen LogP contribution is 2.04. The molecule has 2 N–H and O–H groups in total. The van der Waals surface area contributed by atoms with Gasteiger partial charge in [0.1, 0.15) is 0 Å². The van der Waals surface area contributed by atoms with Crippen molar-refractivity contribution >= 4 is 5.78 Å². The van der Waals surface area contributed by atoms with Crippen LogP contribution in [0.2, 0.25) is 0 Å². The lowest BCUT2D eigenvalue weighted by Gasteiger charge is -2.07. The number of nitrogens with two attached hydrogens (primary N) is 1. The molecule has 0 aromatic heterocycles. The van der Waals surface area contributed by atoms with Crippen molar-refractivity contribution in [3.05, 3.63) is 12.7 Å². The molecule has 0 rings (SSSR count). The number of rotatable bonds is 7. The highest BCUT2D eigenvalue weighted by molar-refractivity contribution is 5.89. The fourth-order valence-corrected chi connectivity index (χ4v) is 1.10. The first-order chi connectivity index (χ1) is 5.70. The Balaban J connectivity index is 3.38. The molecule has 0 aliphatic rings. The van der Waals surface area contributed by atoms with Crippen molar-refractivity contribution in [3.63, 3.8) is 0 Å². The van der Waals surface area contributed by atoms with Gasteiger partial charge in [0.2, 0.25) is 0 Å². The number of unbranched alkanes of at least 4 members (excludes halogenated alkanes) is 2. The zero-order valence-corrected chi connectivity index (χ0v) is 7.88. The van der Waals surface area contributed by atoms with Crippen molar-refractivity contribution < 1.29 is 4.79 Å². The van der Waals surface area contributed by atoms with Crippen LogP contribution in [0.15, 0.2) is 12.7 Å². The van der Waals surface area contributed by atoms with E-state index < -0.39 is 0 Å². The lowest BCUT2D eigenvalue weighted by Crippen LogP contribution is -2.22. The smallest absolute Gasteiger partial charge is 0.156 e. The third-order valence-corrected chi connectivity index (χ3v) is 1.87. The maximum Gasteiger partial charge on any atom is 0.156 e. The number of ketones is 1. The summed E-state index contributed by atoms with van der Waals surface area (Å²) in [4.78, 5) is 10.9. The van der Waals surface area contributed by atoms with Gasteiger partial charge in [0, 0.05) is 12.5 Å². The van der Waals surface area contributed by atoms with Gasteiger partial charge < -0.3 is 5.73 Å². The molecule has 12 heavy (non-hydrogen) atoms. The Morgan fingerprint density at radius 1 is 1.58 bits per heavy atom. The second kappa shape index (κ2) is 7.04. The number of hydrogen-bond donors (Lipinski definition) is 1. The minimum absolute atomic E-state index is 0.0297. The van der Waals surface area contributed by atoms with Crippen molar-refractivity contribution in [2.45, 2.75) is 45.1 Å². The lowest BCUT2D eigenvalue weighted by molar-refractivity contribution is -0.114. The van der Waals surface area contributed by atoms with Gasteiger partial charge in [-0.2, -0.15) is 0 Å². The summed E-state index contributed by atoms with van der Waals surface area (Å²) in [5, 5.41) is 0. The highest BCUT2D eigenvalue weighted by Gasteiger charge is 2.05. The van der Waals surface area contributed by atoms with Gasteiger partial charge in [-0.15, -0.1) is 0 Å². The normalized spacial score (nSPS) is 12.5. The molecule has 0 heterocycles. The molecule has 0 aromatic rings. The summed E-state index contributed by atoms with van der Waals surface area (Å²) in [6.07, 6.45) is 6.28. The molecule has 1 atom stereocenters. The summed E-state index contributed by atoms with van der Waals surface area (Å²) < 4.78 is 0. The average molecular weight is 169 g/mol. The van der Waals surface area contributed by atoms with Crippen molar-refractivity contribution in [1.82, 2.24) is 0 Å². The largest absolute Gasteiger partial charge is 0.327 e. The van der Waals surface area contributed by atoms with Crippen LogP contribution in [0.3, 0.4) is 0 Å². The summed E-state index contributed by atoms with van der Waals surface area (Å²) in [7, 11) is 0. The van der Waals surface area contributed by atoms with Gasteiger partial charge >= 0.3 is 0 Å². The summed E-state index contributed by atoms with van der Waals surface area (Å²) in [6, 6.07) is 0.0297. The molecular weight excluding hydrogens is 150 g/mol. The first-order valence-electron chi connectivity index (χ1n) is 4.61. The molecule has 0 aliphatic carbocycles. The minimum atomic E-state index is 0.0297. The number of hydrogen-bond acceptors (Lipinski definition) is 2. The molecule has 0 radical (unpaired) electrons. The summed E-state index contributed by atoms with van der Waals surface area (Å²) >= 11 is 0. The van der Waals surface area contributed by atoms with Crippen LogP contribution < -0.4 is 5.73 Å². The van der Waals surface area contributed by atoms with Gasteiger partial charge in [-0.05, 0) is 12.5 Å². The minimum Gasteiger partial charge on any atom is -0.327 e. The Morgan fingerprint density at radius 2 is 2.25 bits per heavy atom. The summed E-state index contributed by atoms with van der Waals surface area (Å²) in [5.41, 5.74) is 5.72. The molecule has 0 bridgehead atoms. The fraction of sp³-hybridized carbons (Fsp3) is 0.700. The van der Waals surface area contributed by atoms with Crippen LogP contribution in [0, 0.1) is 0 Å². The number of carbonyl (C=O) groups is 1. The average Bonchev–Trinajstić information content (AvgIpc) is 2.05. The monoisotopic (exact) mass is 169 g/mol. The van der Waals surface area contributed by atoms with Gasteiger partial charge in [0.25, 0.3) is 0 Å². The van der Waals surface area contributed by atoms with E-state index in [1.165, 1.54) is 18.9 Å². The molecule has 2 heteroatoms. The number of allylic oxidation sites excluding steroid dienone is 1. The maximum absolute atomic E-state index is 10.9. The molecule has 0 fully saturated rings. The van der Waals surface area contributed by atoms with Crippen LogP contribution in [0.4, 0.5) is 0 Å². The van der Waals surface area contributed by atoms with Crippen LogP contribution in [-0.4, -0.2) is 11.8 Å². The third kappa shape index (κ3) is 6.10. The predicted molar refractivity (Wildman–Crippen MR) is 51.9 cm³/mol. The lowest BCUT2D eigenvalue weighted by atomic mass is 10.0. The zero-order valence-electron chi connectivity index (χ0n) is 7.88. The van der Waals surface area contributed by atoms with E-state index in [9.17, 15) is 4.79 Å². The molecule has 0 aliphatic heterocycles. The van der Waals surface area contributed by atoms with Crippen molar-refractivity contribution in [3.8, 4) is 0 Å². The van der Waals surface area contributed by atoms with E-state index >= 15 is 0 Å². The van der Waals surface area contributed by atoms with Crippen LogP contribution in [0.1, 0.15) is 39.0 Å². The zero-order chi connectivity index (χ0) is 9.40. The van der Waals surface area contributed by atoms with Crippen LogP contribution >= 0.6 is 0 Å². The third-order valence-electron chi connectivity index (χ3n) is 1.87. The van der Waals surface area contributed by atoms with Crippen LogP contribution in [0.25, 0.3) is 0 Å². The van der Waals surface area contributed by atoms with E-state index in [1.54, 1.807) is 0 Å². The molecule has 0 amide bonds. The SMILES string of the molecule is C=CC(=O)CC(N)CCCCC. The van der Waals surface area contributed by atoms with Crippen molar-refractivity contribution in [1.29, 1.82) is 0 Å². The second-order valence-electron chi connectivity index (χ2n) is 3.13. The molecule has 0 saturated carbocycles. The molecule has 2 nitrogen and oxygen atoms in total. The van der Waals surface area contributed by atoms with Gasteiger partial charge in [-0.25, -0.2) is 0 Å². The van der Waals surface area contributed by atoms with Gasteiger partial charge in [0.15, 0.2) is 5.78 Å². The standard InChI is InChI=1S/C10H19NO/c1-3-5-6-7-9(11)8-10(12)4-2/h4,9H,2-3,5-8,11H2,1H3. The van der Waals surface area contributed by atoms with E-state index in [0.29, 0.717) is 6.42 Å². The second-order valence-corrected chi connectivity index (χ2v) is 3.13. The molecule has 0 saturated heterocycles. The van der Waals surface area contributed by atoms with E-state index in [2.05, 4.69) is 13.5 Å². The topological polar surface area (TPSA) is 43.1 Å². The fourth-order valence-electron chi connectivity index (χ4n) is 1.10. The Labute approximate surface area is 74.8 Å². The first-order valence-corrected chi connectivity index (χ1v) is 4.61. The first kappa shape index (κ1) is 11.4. The van der Waals surface area contributed by atoms with E-state index in [4.69, 9.17) is 5.73 Å². The summed E-state index contributed by atoms with van der Waals surface area (Å²) in [6.45, 7) is 5.56. The van der Waals surface area contributed by atoms with Gasteiger partial charge in [-0.1, -0.05) is 32.8 Å². The van der Waals surface area contributed by atoms with Crippen molar-refractivity contribution in [2.24, 2.45) is 5.73 Å². The molecule has 70 valence electrons. The molecule has 0 spiro atoms. The number of carbonyl (C=O) groups excluding carboxylic acids is 1. The Bertz CT molecular complexity index is 143. The Kier molecular flexibility index (Phi) is 6.67.